The van der Waals surface area contributed by atoms with E-state index < -0.39 is 0 Å². The Morgan fingerprint density at radius 3 is 3.14 bits per heavy atom. The summed E-state index contributed by atoms with van der Waals surface area (Å²) in [5.74, 6) is -0.0396. The van der Waals surface area contributed by atoms with Gasteiger partial charge in [-0.05, 0) is 31.9 Å². The normalized spacial score (nSPS) is 22.3. The van der Waals surface area contributed by atoms with Crippen molar-refractivity contribution in [1.82, 2.24) is 14.7 Å². The van der Waals surface area contributed by atoms with Gasteiger partial charge in [-0.25, -0.2) is 4.98 Å². The quantitative estimate of drug-likeness (QED) is 0.939. The van der Waals surface area contributed by atoms with Crippen LogP contribution in [0.5, 0.6) is 0 Å². The van der Waals surface area contributed by atoms with E-state index in [2.05, 4.69) is 10.3 Å². The molecule has 21 heavy (non-hydrogen) atoms. The van der Waals surface area contributed by atoms with Gasteiger partial charge in [0.1, 0.15) is 5.65 Å². The molecule has 1 saturated carbocycles. The van der Waals surface area contributed by atoms with E-state index in [0.29, 0.717) is 12.2 Å². The zero-order chi connectivity index (χ0) is 14.7. The molecule has 0 saturated heterocycles. The second kappa shape index (κ2) is 6.26. The second-order valence-electron chi connectivity index (χ2n) is 5.47. The van der Waals surface area contributed by atoms with Crippen molar-refractivity contribution in [3.8, 4) is 0 Å². The Bertz CT molecular complexity index is 621. The lowest BCUT2D eigenvalue weighted by molar-refractivity contribution is 0.0124. The first-order valence-electron chi connectivity index (χ1n) is 7.63. The molecule has 0 aliphatic heterocycles. The average Bonchev–Trinajstić information content (AvgIpc) is 2.97. The maximum Gasteiger partial charge on any atom is 0.253 e. The van der Waals surface area contributed by atoms with Gasteiger partial charge < -0.3 is 14.5 Å². The molecule has 1 N–H and O–H groups in total. The van der Waals surface area contributed by atoms with Gasteiger partial charge in [-0.15, -0.1) is 0 Å². The first-order valence-corrected chi connectivity index (χ1v) is 7.63. The van der Waals surface area contributed by atoms with Gasteiger partial charge in [-0.1, -0.05) is 12.8 Å². The number of ether oxygens (including phenoxy) is 1. The van der Waals surface area contributed by atoms with E-state index in [9.17, 15) is 4.79 Å². The molecule has 1 fully saturated rings. The molecular formula is C16H21N3O2. The molecule has 0 unspecified atom stereocenters. The number of carbonyl (C=O) groups excluding carboxylic acids is 1. The number of hydrogen-bond acceptors (Lipinski definition) is 3. The van der Waals surface area contributed by atoms with Crippen LogP contribution in [0.15, 0.2) is 30.7 Å². The molecule has 2 aromatic rings. The number of nitrogens with zero attached hydrogens (tertiary/aromatic N) is 2. The molecule has 1 aliphatic carbocycles. The third-order valence-electron chi connectivity index (χ3n) is 4.05. The average molecular weight is 287 g/mol. The molecule has 3 rings (SSSR count). The van der Waals surface area contributed by atoms with Crippen LogP contribution in [0.3, 0.4) is 0 Å². The summed E-state index contributed by atoms with van der Waals surface area (Å²) in [4.78, 5) is 16.6. The number of amides is 1. The lowest BCUT2D eigenvalue weighted by Gasteiger charge is -2.31. The van der Waals surface area contributed by atoms with Crippen molar-refractivity contribution < 1.29 is 9.53 Å². The molecule has 0 spiro atoms. The first-order chi connectivity index (χ1) is 10.3. The van der Waals surface area contributed by atoms with Crippen molar-refractivity contribution in [2.24, 2.45) is 0 Å². The highest BCUT2D eigenvalue weighted by Gasteiger charge is 2.27. The minimum Gasteiger partial charge on any atom is -0.376 e. The van der Waals surface area contributed by atoms with Gasteiger partial charge in [0.2, 0.25) is 0 Å². The number of carbonyl (C=O) groups is 1. The van der Waals surface area contributed by atoms with Crippen molar-refractivity contribution >= 4 is 11.6 Å². The highest BCUT2D eigenvalue weighted by Crippen LogP contribution is 2.21. The number of nitrogens with one attached hydrogen (secondary N) is 1. The van der Waals surface area contributed by atoms with Crippen molar-refractivity contribution in [3.05, 3.63) is 36.3 Å². The van der Waals surface area contributed by atoms with Crippen LogP contribution >= 0.6 is 0 Å². The Labute approximate surface area is 124 Å². The summed E-state index contributed by atoms with van der Waals surface area (Å²) in [6.45, 7) is 2.69. The lowest BCUT2D eigenvalue weighted by atomic mass is 9.92. The summed E-state index contributed by atoms with van der Waals surface area (Å²) >= 11 is 0. The zero-order valence-corrected chi connectivity index (χ0v) is 12.3. The van der Waals surface area contributed by atoms with Crippen LogP contribution in [0, 0.1) is 0 Å². The van der Waals surface area contributed by atoms with Crippen molar-refractivity contribution in [2.45, 2.75) is 44.8 Å². The summed E-state index contributed by atoms with van der Waals surface area (Å²) in [7, 11) is 0. The van der Waals surface area contributed by atoms with E-state index in [4.69, 9.17) is 4.74 Å². The summed E-state index contributed by atoms with van der Waals surface area (Å²) in [5, 5.41) is 3.13. The summed E-state index contributed by atoms with van der Waals surface area (Å²) < 4.78 is 7.62. The molecule has 5 nitrogen and oxygen atoms in total. The monoisotopic (exact) mass is 287 g/mol. The smallest absolute Gasteiger partial charge is 0.253 e. The zero-order valence-electron chi connectivity index (χ0n) is 12.3. The van der Waals surface area contributed by atoms with Gasteiger partial charge in [-0.3, -0.25) is 4.79 Å². The predicted molar refractivity (Wildman–Crippen MR) is 80.3 cm³/mol. The number of aromatic nitrogens is 2. The Hall–Kier alpha value is -1.88. The minimum atomic E-state index is -0.0396. The van der Waals surface area contributed by atoms with Crippen LogP contribution in [0.4, 0.5) is 0 Å². The molecule has 112 valence electrons. The van der Waals surface area contributed by atoms with E-state index >= 15 is 0 Å². The van der Waals surface area contributed by atoms with Gasteiger partial charge in [-0.2, -0.15) is 0 Å². The molecule has 2 aromatic heterocycles. The Kier molecular flexibility index (Phi) is 4.20. The van der Waals surface area contributed by atoms with Gasteiger partial charge in [0.25, 0.3) is 5.91 Å². The molecule has 0 bridgehead atoms. The van der Waals surface area contributed by atoms with E-state index in [-0.39, 0.29) is 18.1 Å². The van der Waals surface area contributed by atoms with Gasteiger partial charge in [0.15, 0.2) is 0 Å². The fourth-order valence-corrected chi connectivity index (χ4v) is 2.98. The van der Waals surface area contributed by atoms with Crippen LogP contribution in [0.2, 0.25) is 0 Å². The highest BCUT2D eigenvalue weighted by molar-refractivity contribution is 5.94. The molecule has 2 atom stereocenters. The van der Waals surface area contributed by atoms with Gasteiger partial charge in [0.05, 0.1) is 17.7 Å². The molecule has 5 heteroatoms. The maximum absolute atomic E-state index is 12.4. The fraction of sp³-hybridized carbons (Fsp3) is 0.500. The van der Waals surface area contributed by atoms with E-state index in [1.165, 1.54) is 6.42 Å². The summed E-state index contributed by atoms with van der Waals surface area (Å²) in [6, 6.07) is 3.79. The Balaban J connectivity index is 1.72. The number of imidazole rings is 1. The van der Waals surface area contributed by atoms with Crippen molar-refractivity contribution in [3.63, 3.8) is 0 Å². The third-order valence-corrected chi connectivity index (χ3v) is 4.05. The highest BCUT2D eigenvalue weighted by atomic mass is 16.5. The van der Waals surface area contributed by atoms with Gasteiger partial charge >= 0.3 is 0 Å². The lowest BCUT2D eigenvalue weighted by Crippen LogP contribution is -2.46. The maximum atomic E-state index is 12.4. The van der Waals surface area contributed by atoms with Crippen LogP contribution in [-0.2, 0) is 4.74 Å². The third kappa shape index (κ3) is 3.08. The van der Waals surface area contributed by atoms with Crippen LogP contribution in [-0.4, -0.2) is 34.0 Å². The largest absolute Gasteiger partial charge is 0.376 e. The Morgan fingerprint density at radius 1 is 1.43 bits per heavy atom. The number of hydrogen-bond donors (Lipinski definition) is 1. The van der Waals surface area contributed by atoms with E-state index in [0.717, 1.165) is 24.9 Å². The standard InChI is InChI=1S/C16H21N3O2/c1-2-21-14-6-4-3-5-13(14)18-16(20)12-7-8-15-17-9-10-19(15)11-12/h7-11,13-14H,2-6H2,1H3,(H,18,20)/t13-,14-/m1/s1. The van der Waals surface area contributed by atoms with Crippen molar-refractivity contribution in [2.75, 3.05) is 6.61 Å². The van der Waals surface area contributed by atoms with E-state index in [1.807, 2.05) is 35.9 Å². The van der Waals surface area contributed by atoms with Crippen LogP contribution < -0.4 is 5.32 Å². The summed E-state index contributed by atoms with van der Waals surface area (Å²) in [5.41, 5.74) is 1.50. The van der Waals surface area contributed by atoms with Gasteiger partial charge in [0, 0.05) is 25.2 Å². The molecular weight excluding hydrogens is 266 g/mol. The summed E-state index contributed by atoms with van der Waals surface area (Å²) in [6.07, 6.45) is 9.87. The second-order valence-corrected chi connectivity index (χ2v) is 5.47. The van der Waals surface area contributed by atoms with Crippen molar-refractivity contribution in [1.29, 1.82) is 0 Å². The topological polar surface area (TPSA) is 55.6 Å². The number of fused-ring (bicyclic) bond motifs is 1. The predicted octanol–water partition coefficient (Wildman–Crippen LogP) is 2.41. The molecule has 1 amide bonds. The molecule has 1 aliphatic rings. The first kappa shape index (κ1) is 14.1. The Morgan fingerprint density at radius 2 is 2.29 bits per heavy atom. The minimum absolute atomic E-state index is 0.0396. The molecule has 2 heterocycles. The fourth-order valence-electron chi connectivity index (χ4n) is 2.98. The van der Waals surface area contributed by atoms with E-state index in [1.54, 1.807) is 6.20 Å². The molecule has 0 aromatic carbocycles. The van der Waals surface area contributed by atoms with Crippen LogP contribution in [0.1, 0.15) is 43.0 Å². The van der Waals surface area contributed by atoms with Crippen LogP contribution in [0.25, 0.3) is 5.65 Å². The SMILES string of the molecule is CCO[C@@H]1CCCC[C@H]1NC(=O)c1ccc2nccn2c1. The number of pyridine rings is 1. The number of rotatable bonds is 4. The molecule has 0 radical (unpaired) electrons.